The minimum absolute atomic E-state index is 0.0735. The van der Waals surface area contributed by atoms with Crippen LogP contribution in [0, 0.1) is 36.5 Å². The normalized spacial score (nSPS) is 23.3. The largest absolute Gasteiger partial charge is 0.482 e. The second-order valence-electron chi connectivity index (χ2n) is 35.8. The molecule has 0 radical (unpaired) electrons. The molecule has 1 heterocycles. The molecule has 746 valence electrons. The number of amides is 17. The number of rotatable bonds is 31. The highest BCUT2D eigenvalue weighted by atomic mass is 32.2. The highest BCUT2D eigenvalue weighted by Crippen LogP contribution is 2.24. The fourth-order valence-electron chi connectivity index (χ4n) is 14.5. The number of benzene rings is 4. The third-order valence-electron chi connectivity index (χ3n) is 22.4. The highest BCUT2D eigenvalue weighted by Gasteiger charge is 2.42. The van der Waals surface area contributed by atoms with Crippen molar-refractivity contribution in [2.75, 3.05) is 59.0 Å². The third-order valence-corrected chi connectivity index (χ3v) is 23.4. The molecule has 1 aliphatic heterocycles. The van der Waals surface area contributed by atoms with Crippen LogP contribution in [-0.4, -0.2) is 281 Å². The Morgan fingerprint density at radius 3 is 1.41 bits per heavy atom. The summed E-state index contributed by atoms with van der Waals surface area (Å²) in [6.07, 6.45) is -2.44. The number of hydrogen-bond acceptors (Lipinski definition) is 23. The summed E-state index contributed by atoms with van der Waals surface area (Å²) in [6, 6.07) is 5.64. The van der Waals surface area contributed by atoms with E-state index in [0.717, 1.165) is 16.0 Å². The molecule has 1 fully saturated rings. The molecule has 2 unspecified atom stereocenters. The summed E-state index contributed by atoms with van der Waals surface area (Å²) in [5, 5.41) is 66.4. The first-order valence-corrected chi connectivity index (χ1v) is 46.5. The summed E-state index contributed by atoms with van der Waals surface area (Å²) in [5.41, 5.74) is 14.6. The lowest BCUT2D eigenvalue weighted by Gasteiger charge is -2.33. The van der Waals surface area contributed by atoms with Crippen LogP contribution in [0.2, 0.25) is 0 Å². The van der Waals surface area contributed by atoms with Crippen LogP contribution < -0.4 is 90.6 Å². The van der Waals surface area contributed by atoms with Crippen molar-refractivity contribution in [2.24, 2.45) is 41.1 Å². The van der Waals surface area contributed by atoms with Gasteiger partial charge in [-0.2, -0.15) is 0 Å². The monoisotopic (exact) mass is 1920 g/mol. The van der Waals surface area contributed by atoms with Gasteiger partial charge in [-0.15, -0.1) is 11.8 Å². The first-order valence-electron chi connectivity index (χ1n) is 45.3. The molecular weight excluding hydrogens is 1780 g/mol. The Morgan fingerprint density at radius 1 is 0.485 bits per heavy atom. The molecule has 4 aromatic carbocycles. The Morgan fingerprint density at radius 2 is 0.926 bits per heavy atom. The minimum atomic E-state index is -2.07. The zero-order valence-electron chi connectivity index (χ0n) is 79.8. The predicted molar refractivity (Wildman–Crippen MR) is 504 cm³/mol. The highest BCUT2D eigenvalue weighted by molar-refractivity contribution is 8.00. The Kier molecular flexibility index (Phi) is 46.9. The molecule has 136 heavy (non-hydrogen) atoms. The van der Waals surface area contributed by atoms with E-state index in [4.69, 9.17) is 16.2 Å². The summed E-state index contributed by atoms with van der Waals surface area (Å²) in [4.78, 5) is 274. The summed E-state index contributed by atoms with van der Waals surface area (Å²) >= 11 is 0.705. The number of aryl methyl sites for hydroxylation is 1. The lowest BCUT2D eigenvalue weighted by molar-refractivity contribution is -0.143. The number of nitrogens with two attached hydrogens (primary N) is 2. The van der Waals surface area contributed by atoms with E-state index in [9.17, 15) is 72.9 Å². The van der Waals surface area contributed by atoms with Crippen molar-refractivity contribution in [2.45, 2.75) is 238 Å². The maximum Gasteiger partial charge on any atom is 0.341 e. The molecule has 17 amide bonds. The Bertz CT molecular complexity index is 4790. The van der Waals surface area contributed by atoms with Crippen LogP contribution in [0.4, 0.5) is 0 Å². The minimum Gasteiger partial charge on any atom is -0.482 e. The Hall–Kier alpha value is -13.1. The molecule has 0 aliphatic carbocycles. The Labute approximate surface area is 796 Å². The average molecular weight is 1920 g/mol. The number of ether oxygens (including phenoxy) is 1. The molecule has 15 atom stereocenters. The van der Waals surface area contributed by atoms with Gasteiger partial charge in [-0.25, -0.2) is 4.79 Å². The lowest BCUT2D eigenvalue weighted by Crippen LogP contribution is -2.62. The number of likely N-dealkylation sites (N-methyl/N-ethyl adjacent to an activating group) is 1. The summed E-state index contributed by atoms with van der Waals surface area (Å²) in [7, 11) is 4.87. The van der Waals surface area contributed by atoms with Crippen LogP contribution in [0.1, 0.15) is 150 Å². The van der Waals surface area contributed by atoms with Gasteiger partial charge in [0.1, 0.15) is 90.3 Å². The zero-order valence-corrected chi connectivity index (χ0v) is 80.6. The molecule has 4 aromatic rings. The number of unbranched alkanes of at least 4 members (excludes halogenated alkanes) is 1. The summed E-state index contributed by atoms with van der Waals surface area (Å²) in [6.45, 7) is 17.3. The molecule has 0 bridgehead atoms. The van der Waals surface area contributed by atoms with Crippen molar-refractivity contribution >= 4 is 124 Å². The van der Waals surface area contributed by atoms with Crippen LogP contribution in [0.25, 0.3) is 11.1 Å². The van der Waals surface area contributed by atoms with Crippen LogP contribution in [0.15, 0.2) is 103 Å². The predicted octanol–water partition coefficient (Wildman–Crippen LogP) is -0.824. The van der Waals surface area contributed by atoms with Gasteiger partial charge in [0.2, 0.25) is 100 Å². The first kappa shape index (κ1) is 113. The van der Waals surface area contributed by atoms with Gasteiger partial charge in [-0.3, -0.25) is 86.3 Å². The van der Waals surface area contributed by atoms with Gasteiger partial charge < -0.3 is 116 Å². The SMILES string of the molecule is CCC(C)[C@@H]1NC(=O)[C@H](Cc2ccc(-c3ccccc3)cc2)NC(=O)[C@H](C(C)C)NC(=O)[C@H](Cc2cccc(C)c2)NC(=O)[C@H](CC(=O)O)NC(=O)[C@H](Cc2ccc(OCC(=O)O)cc2)NC(=O)[C@H](CCCCN(C)C)NC(=O)CSCC(C(=O)NCC(N)=O)NC(=O)[C@H](CO)NC(=O)[C@H](C(C)C)NC(=O)[C@H](CC(C)C)NC(=O)[C@H](CC(N)=O)NC(=O)[C@@H](CC(C)C)NC(=O)[C@H](C)N(C)C1=O. The molecule has 42 heteroatoms. The number of aliphatic hydroxyl groups excluding tert-OH is 1. The molecule has 21 N–H and O–H groups in total. The number of carboxylic acids is 2. The zero-order chi connectivity index (χ0) is 101. The fraction of sp³-hybridized carbons (Fsp3) is 0.543. The summed E-state index contributed by atoms with van der Waals surface area (Å²) < 4.78 is 5.32. The van der Waals surface area contributed by atoms with E-state index in [1.165, 1.54) is 52.1 Å². The van der Waals surface area contributed by atoms with Gasteiger partial charge in [-0.05, 0) is 136 Å². The molecule has 5 rings (SSSR count). The number of aliphatic carboxylic acids is 2. The number of nitrogens with one attached hydrogen (secondary N) is 14. The maximum absolute atomic E-state index is 15.4. The number of carbonyl (C=O) groups is 19. The standard InChI is InChI=1S/C94H136N18O23S/c1-16-55(11)80-94(134)112(15)56(12)81(121)99-64(37-50(2)3)84(124)103-69(43-73(95)114)86(126)100-65(38-51(4)5)88(128)108-79(53(8)9)93(133)106-71(46-113)91(131)107-72(82(122)97-45-74(96)115)48-136-49-75(116)98-63(27-20-21-36-111(13)14)83(123)101-66(41-58-30-34-62(35-31-58)135-47-77(119)120)85(125)104-70(44-76(117)118)87(127)102-68(42-59-24-22-23-54(10)39-59)89(129)109-78(52(6)7)92(132)105-67(90(130)110-80)40-57-28-32-61(33-29-57)60-25-18-17-19-26-60/h17-19,22-26,28-35,39,50-53,55-56,63-72,78-80,113H,16,20-21,27,36-38,40-49H2,1-15H3,(H2,95,114)(H2,96,115)(H,97,122)(H,98,116)(H,99,121)(H,100,126)(H,101,123)(H,102,127)(H,103,124)(H,104,125)(H,105,132)(H,106,133)(H,107,131)(H,108,128)(H,109,129)(H,110,130)(H,117,118)(H,119,120)/t55?,56-,63-,64+,65-,66-,67-,68-,69-,70-,71-,72?,78-,79-,80-/m0/s1. The molecule has 41 nitrogen and oxygen atoms in total. The van der Waals surface area contributed by atoms with Gasteiger partial charge in [0.25, 0.3) is 0 Å². The summed E-state index contributed by atoms with van der Waals surface area (Å²) in [5.74, 6) is -24.6. The van der Waals surface area contributed by atoms with Gasteiger partial charge in [0.05, 0.1) is 31.7 Å². The second kappa shape index (κ2) is 56.3. The van der Waals surface area contributed by atoms with Gasteiger partial charge >= 0.3 is 11.9 Å². The van der Waals surface area contributed by atoms with E-state index in [0.29, 0.717) is 41.4 Å². The third kappa shape index (κ3) is 38.7. The molecular formula is C94H136N18O23S. The number of aliphatic hydroxyl groups is 1. The number of carboxylic acid groups (broad SMARTS) is 2. The molecule has 0 saturated carbocycles. The van der Waals surface area contributed by atoms with Crippen LogP contribution >= 0.6 is 11.8 Å². The van der Waals surface area contributed by atoms with Crippen molar-refractivity contribution in [3.05, 3.63) is 125 Å². The molecule has 0 aromatic heterocycles. The number of carbonyl (C=O) groups excluding carboxylic acids is 17. The Balaban J connectivity index is 1.70. The topological polar surface area (TPSA) is 621 Å². The van der Waals surface area contributed by atoms with E-state index < -0.39 is 265 Å². The number of primary amides is 2. The van der Waals surface area contributed by atoms with Crippen molar-refractivity contribution in [1.29, 1.82) is 0 Å². The van der Waals surface area contributed by atoms with Crippen molar-refractivity contribution < 1.29 is 111 Å². The quantitative estimate of drug-likeness (QED) is 0.0274. The maximum atomic E-state index is 15.4. The van der Waals surface area contributed by atoms with Crippen LogP contribution in [0.3, 0.4) is 0 Å². The fourth-order valence-corrected chi connectivity index (χ4v) is 15.3. The molecule has 1 saturated heterocycles. The van der Waals surface area contributed by atoms with Crippen LogP contribution in [-0.2, 0) is 110 Å². The average Bonchev–Trinajstić information content (AvgIpc) is 0.822. The van der Waals surface area contributed by atoms with E-state index >= 15 is 33.6 Å². The smallest absolute Gasteiger partial charge is 0.341 e. The van der Waals surface area contributed by atoms with Gasteiger partial charge in [0.15, 0.2) is 6.61 Å². The van der Waals surface area contributed by atoms with Crippen molar-refractivity contribution in [1.82, 2.24) is 84.2 Å². The van der Waals surface area contributed by atoms with Crippen LogP contribution in [0.5, 0.6) is 5.75 Å². The molecule has 1 aliphatic rings. The number of nitrogens with zero attached hydrogens (tertiary/aromatic N) is 2. The number of hydrogen-bond donors (Lipinski definition) is 19. The second-order valence-corrected chi connectivity index (χ2v) is 36.9. The van der Waals surface area contributed by atoms with E-state index in [1.54, 1.807) is 125 Å². The lowest BCUT2D eigenvalue weighted by atomic mass is 9.95. The van der Waals surface area contributed by atoms with E-state index in [2.05, 4.69) is 74.4 Å². The number of thioether (sulfide) groups is 1. The van der Waals surface area contributed by atoms with Crippen molar-refractivity contribution in [3.8, 4) is 16.9 Å². The molecule has 0 spiro atoms. The van der Waals surface area contributed by atoms with E-state index in [-0.39, 0.29) is 68.1 Å². The van der Waals surface area contributed by atoms with Gasteiger partial charge in [-0.1, -0.05) is 172 Å². The van der Waals surface area contributed by atoms with Gasteiger partial charge in [0, 0.05) is 32.1 Å². The van der Waals surface area contributed by atoms with Crippen molar-refractivity contribution in [3.63, 3.8) is 0 Å². The van der Waals surface area contributed by atoms with E-state index in [1.807, 2.05) is 35.2 Å². The first-order chi connectivity index (χ1) is 64.1.